The van der Waals surface area contributed by atoms with Gasteiger partial charge in [-0.2, -0.15) is 0 Å². The van der Waals surface area contributed by atoms with E-state index in [1.54, 1.807) is 0 Å². The van der Waals surface area contributed by atoms with Gasteiger partial charge in [-0.1, -0.05) is 0 Å². The Labute approximate surface area is 97.4 Å². The van der Waals surface area contributed by atoms with Crippen LogP contribution in [0.4, 0.5) is 25.2 Å². The van der Waals surface area contributed by atoms with E-state index in [0.29, 0.717) is 0 Å². The molecule has 100 valence electrons. The number of hydrogen-bond donors (Lipinski definition) is 0. The molecule has 0 spiro atoms. The Balaban J connectivity index is 0.000000293. The van der Waals surface area contributed by atoms with Crippen molar-refractivity contribution < 1.29 is 40.6 Å². The molecule has 0 heterocycles. The van der Waals surface area contributed by atoms with Crippen LogP contribution in [0.1, 0.15) is 25.7 Å². The van der Waals surface area contributed by atoms with Gasteiger partial charge in [-0.3, -0.25) is 0 Å². The summed E-state index contributed by atoms with van der Waals surface area (Å²) in [7, 11) is -10.7. The Hall–Kier alpha value is -0.0165. The average molecular weight is 311 g/mol. The molecular weight excluding hydrogens is 300 g/mol. The molecule has 0 aromatic carbocycles. The van der Waals surface area contributed by atoms with Crippen molar-refractivity contribution in [2.24, 2.45) is 0 Å². The quantitative estimate of drug-likeness (QED) is 0.295. The van der Waals surface area contributed by atoms with E-state index in [4.69, 9.17) is 15.5 Å². The van der Waals surface area contributed by atoms with Crippen LogP contribution in [0.15, 0.2) is 22.8 Å². The number of allylic oxidation sites excluding steroid dienone is 4. The van der Waals surface area contributed by atoms with Crippen molar-refractivity contribution in [3.63, 3.8) is 0 Å². The second-order valence-electron chi connectivity index (χ2n) is 3.20. The van der Waals surface area contributed by atoms with Crippen LogP contribution in [0.5, 0.6) is 0 Å². The number of rotatable bonds is 0. The minimum atomic E-state index is -10.7. The zero-order valence-electron chi connectivity index (χ0n) is 8.09. The first kappa shape index (κ1) is 16.0. The van der Waals surface area contributed by atoms with E-state index in [9.17, 15) is 25.2 Å². The van der Waals surface area contributed by atoms with Crippen LogP contribution in [0.25, 0.3) is 0 Å². The van der Waals surface area contributed by atoms with Crippen molar-refractivity contribution in [2.45, 2.75) is 25.7 Å². The fraction of sp³-hybridized carbons (Fsp3) is 0.500. The molecule has 0 radical (unpaired) electrons. The summed E-state index contributed by atoms with van der Waals surface area (Å²) < 4.78 is 60.2. The van der Waals surface area contributed by atoms with Crippen molar-refractivity contribution in [2.75, 3.05) is 0 Å². The van der Waals surface area contributed by atoms with Crippen molar-refractivity contribution in [1.82, 2.24) is 0 Å². The molecule has 1 aliphatic rings. The van der Waals surface area contributed by atoms with Gasteiger partial charge >= 0.3 is 96.9 Å². The Morgan fingerprint density at radius 3 is 1.88 bits per heavy atom. The van der Waals surface area contributed by atoms with Crippen molar-refractivity contribution in [1.29, 1.82) is 0 Å². The maximum absolute atomic E-state index is 10.7. The van der Waals surface area contributed by atoms with Crippen LogP contribution >= 0.6 is 7.81 Å². The van der Waals surface area contributed by atoms with Gasteiger partial charge in [0, 0.05) is 0 Å². The molecule has 0 fully saturated rings. The van der Waals surface area contributed by atoms with E-state index in [1.807, 2.05) is 0 Å². The molecule has 0 amide bonds. The van der Waals surface area contributed by atoms with Gasteiger partial charge in [0.1, 0.15) is 0 Å². The number of halogens is 6. The van der Waals surface area contributed by atoms with Crippen LogP contribution in [0, 0.1) is 0 Å². The van der Waals surface area contributed by atoms with Gasteiger partial charge in [0.05, 0.1) is 0 Å². The maximum atomic E-state index is 9.87. The Morgan fingerprint density at radius 1 is 0.938 bits per heavy atom. The third-order valence-corrected chi connectivity index (χ3v) is 1.78. The Morgan fingerprint density at radius 2 is 1.38 bits per heavy atom. The fourth-order valence-corrected chi connectivity index (χ4v) is 1.15. The molecule has 0 saturated heterocycles. The predicted octanol–water partition coefficient (Wildman–Crippen LogP) is 5.93. The second kappa shape index (κ2) is 4.69. The van der Waals surface area contributed by atoms with Gasteiger partial charge in [0.15, 0.2) is 0 Å². The molecule has 0 saturated carbocycles. The first-order valence-corrected chi connectivity index (χ1v) is 6.92. The summed E-state index contributed by atoms with van der Waals surface area (Å²) in [6.07, 6.45) is 11.4. The van der Waals surface area contributed by atoms with E-state index in [0.717, 1.165) is 4.54 Å². The molecule has 0 aromatic heterocycles. The molecule has 0 aliphatic heterocycles. The van der Waals surface area contributed by atoms with Gasteiger partial charge < -0.3 is 0 Å². The molecule has 0 bridgehead atoms. The van der Waals surface area contributed by atoms with Gasteiger partial charge in [0.2, 0.25) is 0 Å². The van der Waals surface area contributed by atoms with Crippen LogP contribution in [-0.4, -0.2) is 0 Å². The van der Waals surface area contributed by atoms with E-state index in [2.05, 4.69) is 18.2 Å². The van der Waals surface area contributed by atoms with E-state index < -0.39 is 7.81 Å². The molecule has 1 aliphatic carbocycles. The van der Waals surface area contributed by atoms with E-state index in [-0.39, 0.29) is 0 Å². The summed E-state index contributed by atoms with van der Waals surface area (Å²) in [5.74, 6) is 0. The summed E-state index contributed by atoms with van der Waals surface area (Å²) >= 11 is 4.73. The SMILES string of the molecule is F[P-](F)(F)(F)(F)F.[Ni+][C]1=CCCCCC=C1. The zero-order chi connectivity index (χ0) is 12.9. The van der Waals surface area contributed by atoms with Crippen molar-refractivity contribution in [3.05, 3.63) is 22.8 Å². The van der Waals surface area contributed by atoms with E-state index in [1.165, 1.54) is 25.7 Å². The average Bonchev–Trinajstić information content (AvgIpc) is 1.90. The third-order valence-electron chi connectivity index (χ3n) is 1.42. The predicted molar refractivity (Wildman–Crippen MR) is 49.3 cm³/mol. The van der Waals surface area contributed by atoms with Gasteiger partial charge in [-0.25, -0.2) is 0 Å². The molecule has 0 N–H and O–H groups in total. The van der Waals surface area contributed by atoms with Crippen LogP contribution < -0.4 is 0 Å². The molecular formula is C8H11F6NiP. The molecule has 8 heteroatoms. The minimum absolute atomic E-state index is 1.05. The van der Waals surface area contributed by atoms with Gasteiger partial charge in [-0.05, 0) is 0 Å². The molecule has 16 heavy (non-hydrogen) atoms. The summed E-state index contributed by atoms with van der Waals surface area (Å²) in [5, 5.41) is 0. The summed E-state index contributed by atoms with van der Waals surface area (Å²) in [5.41, 5.74) is 0. The monoisotopic (exact) mass is 310 g/mol. The standard InChI is InChI=1S/C8H11.F6P.Ni/c1-2-4-6-8-7-5-3-1;1-7(2,3,4,5)6;/h1-2,6H,3,5,7-8H2;;/q;-1;+1. The van der Waals surface area contributed by atoms with Gasteiger partial charge in [0.25, 0.3) is 0 Å². The molecule has 0 atom stereocenters. The van der Waals surface area contributed by atoms with E-state index >= 15 is 0 Å². The summed E-state index contributed by atoms with van der Waals surface area (Å²) in [4.78, 5) is 0. The fourth-order valence-electron chi connectivity index (χ4n) is 0.894. The topological polar surface area (TPSA) is 0 Å². The Kier molecular flexibility index (Phi) is 4.69. The summed E-state index contributed by atoms with van der Waals surface area (Å²) in [6.45, 7) is 0. The van der Waals surface area contributed by atoms with Crippen LogP contribution in [-0.2, 0) is 15.5 Å². The second-order valence-corrected chi connectivity index (χ2v) is 5.69. The van der Waals surface area contributed by atoms with Crippen molar-refractivity contribution >= 4 is 7.81 Å². The molecule has 0 aromatic rings. The number of hydrogen-bond acceptors (Lipinski definition) is 0. The van der Waals surface area contributed by atoms with Crippen LogP contribution in [0.2, 0.25) is 0 Å². The first-order valence-electron chi connectivity index (χ1n) is 4.40. The normalized spacial score (nSPS) is 21.6. The summed E-state index contributed by atoms with van der Waals surface area (Å²) in [6, 6.07) is 0. The van der Waals surface area contributed by atoms with Gasteiger partial charge in [-0.15, -0.1) is 0 Å². The first-order chi connectivity index (χ1) is 6.84. The zero-order valence-corrected chi connectivity index (χ0v) is 9.97. The Bertz CT molecular complexity index is 276. The molecule has 0 unspecified atom stereocenters. The molecule has 1 rings (SSSR count). The van der Waals surface area contributed by atoms with Crippen molar-refractivity contribution in [3.8, 4) is 0 Å². The molecule has 0 nitrogen and oxygen atoms in total. The third kappa shape index (κ3) is 23.7. The van der Waals surface area contributed by atoms with Crippen LogP contribution in [0.3, 0.4) is 0 Å².